The van der Waals surface area contributed by atoms with E-state index in [1.54, 1.807) is 0 Å². The van der Waals surface area contributed by atoms with Crippen LogP contribution in [0, 0.1) is 0 Å². The van der Waals surface area contributed by atoms with Crippen molar-refractivity contribution >= 4 is 84.2 Å². The van der Waals surface area contributed by atoms with Crippen molar-refractivity contribution in [1.29, 1.82) is 0 Å². The second-order valence-corrected chi connectivity index (χ2v) is 31.5. The van der Waals surface area contributed by atoms with E-state index in [-0.39, 0.29) is 0 Å². The second kappa shape index (κ2) is 14.0. The van der Waals surface area contributed by atoms with Crippen LogP contribution in [0.4, 0.5) is 0 Å². The molecule has 8 aromatic rings. The summed E-state index contributed by atoms with van der Waals surface area (Å²) in [7, 11) is 0. The fourth-order valence-corrected chi connectivity index (χ4v) is 23.6. The van der Waals surface area contributed by atoms with Gasteiger partial charge in [-0.2, -0.15) is 0 Å². The van der Waals surface area contributed by atoms with Crippen LogP contribution >= 0.6 is 41.6 Å². The quantitative estimate of drug-likeness (QED) is 0.120. The van der Waals surface area contributed by atoms with Crippen LogP contribution in [0.2, 0.25) is 0 Å². The van der Waals surface area contributed by atoms with Crippen LogP contribution in [-0.4, -0.2) is 0 Å². The molecular formula is C48H40Br2P2. The molecule has 0 aliphatic heterocycles. The Morgan fingerprint density at radius 3 is 0.731 bits per heavy atom. The predicted octanol–water partition coefficient (Wildman–Crippen LogP) is 11.5. The van der Waals surface area contributed by atoms with E-state index < -0.39 is 10.6 Å². The molecule has 0 saturated carbocycles. The molecule has 0 aliphatic rings. The summed E-state index contributed by atoms with van der Waals surface area (Å²) >= 11 is 9.55. The molecule has 0 radical (unpaired) electrons. The molecule has 0 aliphatic carbocycles. The molecule has 0 atom stereocenters. The van der Waals surface area contributed by atoms with Gasteiger partial charge in [0.25, 0.3) is 0 Å². The summed E-state index contributed by atoms with van der Waals surface area (Å²) in [6, 6.07) is 80.7. The standard InChI is InChI=1S/C48H40Br2P2/c49-51(42-25-7-1-8-26-42,43-27-9-2-10-28-43,44-29-11-3-12-30-44)37-40-23-19-21-39-22-20-24-41(48(39)40)38-52(50,45-31-13-4-14-32-45,46-33-15-5-16-34-46)47-35-17-6-18-36-47/h1-36H,37-38H2. The average molecular weight is 839 g/mol. The summed E-state index contributed by atoms with van der Waals surface area (Å²) in [5.41, 5.74) is 2.68. The minimum absolute atomic E-state index is 0.818. The van der Waals surface area contributed by atoms with Gasteiger partial charge in [-0.25, -0.2) is 0 Å². The molecule has 0 heterocycles. The van der Waals surface area contributed by atoms with Gasteiger partial charge in [-0.1, -0.05) is 0 Å². The van der Waals surface area contributed by atoms with E-state index in [4.69, 9.17) is 31.0 Å². The topological polar surface area (TPSA) is 0 Å². The van der Waals surface area contributed by atoms with Crippen molar-refractivity contribution in [3.05, 3.63) is 230 Å². The van der Waals surface area contributed by atoms with Gasteiger partial charge in [0.15, 0.2) is 0 Å². The Bertz CT molecular complexity index is 2070. The van der Waals surface area contributed by atoms with Crippen molar-refractivity contribution in [1.82, 2.24) is 0 Å². The molecule has 52 heavy (non-hydrogen) atoms. The van der Waals surface area contributed by atoms with Gasteiger partial charge in [-0.05, 0) is 0 Å². The maximum absolute atomic E-state index is 4.78. The van der Waals surface area contributed by atoms with E-state index in [9.17, 15) is 0 Å². The first-order valence-corrected chi connectivity index (χ1v) is 26.6. The van der Waals surface area contributed by atoms with Crippen molar-refractivity contribution in [3.63, 3.8) is 0 Å². The summed E-state index contributed by atoms with van der Waals surface area (Å²) in [4.78, 5) is 0. The molecule has 0 N–H and O–H groups in total. The van der Waals surface area contributed by atoms with Gasteiger partial charge in [0.1, 0.15) is 0 Å². The molecule has 0 saturated heterocycles. The van der Waals surface area contributed by atoms with Crippen molar-refractivity contribution < 1.29 is 0 Å². The summed E-state index contributed by atoms with van der Waals surface area (Å²) in [6.07, 6.45) is 1.64. The van der Waals surface area contributed by atoms with Crippen LogP contribution in [-0.2, 0) is 12.3 Å². The maximum atomic E-state index is 4.78. The molecule has 8 rings (SSSR count). The van der Waals surface area contributed by atoms with E-state index in [0.29, 0.717) is 0 Å². The fourth-order valence-electron chi connectivity index (χ4n) is 8.28. The average Bonchev–Trinajstić information content (AvgIpc) is 3.23. The molecule has 0 aromatic heterocycles. The van der Waals surface area contributed by atoms with Gasteiger partial charge in [0.2, 0.25) is 0 Å². The number of hydrogen-bond donors (Lipinski definition) is 0. The van der Waals surface area contributed by atoms with Crippen LogP contribution in [0.3, 0.4) is 0 Å². The Labute approximate surface area is 323 Å². The van der Waals surface area contributed by atoms with Crippen LogP contribution < -0.4 is 31.8 Å². The first-order chi connectivity index (χ1) is 25.4. The zero-order valence-electron chi connectivity index (χ0n) is 28.8. The van der Waals surface area contributed by atoms with Crippen LogP contribution in [0.1, 0.15) is 11.1 Å². The summed E-state index contributed by atoms with van der Waals surface area (Å²) in [5, 5.41) is 3.90. The van der Waals surface area contributed by atoms with Gasteiger partial charge in [-0.3, -0.25) is 0 Å². The molecule has 0 amide bonds. The third-order valence-electron chi connectivity index (χ3n) is 10.8. The Kier molecular flexibility index (Phi) is 9.40. The Morgan fingerprint density at radius 1 is 0.269 bits per heavy atom. The molecule has 0 unspecified atom stereocenters. The first-order valence-electron chi connectivity index (χ1n) is 17.7. The Hall–Kier alpha value is -4.16. The van der Waals surface area contributed by atoms with Gasteiger partial charge >= 0.3 is 326 Å². The number of fused-ring (bicyclic) bond motifs is 1. The third kappa shape index (κ3) is 5.64. The monoisotopic (exact) mass is 836 g/mol. The van der Waals surface area contributed by atoms with Gasteiger partial charge < -0.3 is 0 Å². The van der Waals surface area contributed by atoms with E-state index >= 15 is 0 Å². The van der Waals surface area contributed by atoms with Crippen molar-refractivity contribution in [3.8, 4) is 0 Å². The molecule has 4 heteroatoms. The Balaban J connectivity index is 1.44. The summed E-state index contributed by atoms with van der Waals surface area (Å²) in [6.45, 7) is 0. The van der Waals surface area contributed by atoms with Gasteiger partial charge in [0, 0.05) is 0 Å². The fraction of sp³-hybridized carbons (Fsp3) is 0.0417. The van der Waals surface area contributed by atoms with E-state index in [0.717, 1.165) is 12.3 Å². The van der Waals surface area contributed by atoms with E-state index in [1.165, 1.54) is 53.7 Å². The van der Waals surface area contributed by atoms with Crippen LogP contribution in [0.25, 0.3) is 10.8 Å². The first kappa shape index (κ1) is 34.9. The Morgan fingerprint density at radius 2 is 0.500 bits per heavy atom. The molecule has 0 nitrogen and oxygen atoms in total. The van der Waals surface area contributed by atoms with Crippen molar-refractivity contribution in [2.45, 2.75) is 12.3 Å². The van der Waals surface area contributed by atoms with E-state index in [2.05, 4.69) is 218 Å². The number of hydrogen-bond acceptors (Lipinski definition) is 0. The number of halogens is 2. The second-order valence-electron chi connectivity index (χ2n) is 13.6. The minimum atomic E-state index is -3.30. The van der Waals surface area contributed by atoms with E-state index in [1.807, 2.05) is 0 Å². The normalized spacial score (nSPS) is 13.4. The molecule has 0 fully saturated rings. The molecular weight excluding hydrogens is 798 g/mol. The van der Waals surface area contributed by atoms with Crippen molar-refractivity contribution in [2.24, 2.45) is 0 Å². The molecule has 256 valence electrons. The SMILES string of the molecule is BrP(Cc1cccc2cccc(CP(Br)(c3ccccc3)(c3ccccc3)c3ccccc3)c12)(c1ccccc1)(c1ccccc1)c1ccccc1. The van der Waals surface area contributed by atoms with Crippen LogP contribution in [0.5, 0.6) is 0 Å². The number of benzene rings is 8. The predicted molar refractivity (Wildman–Crippen MR) is 240 cm³/mol. The molecule has 0 spiro atoms. The zero-order valence-corrected chi connectivity index (χ0v) is 33.8. The third-order valence-corrected chi connectivity index (χ3v) is 29.8. The molecule has 0 bridgehead atoms. The van der Waals surface area contributed by atoms with Crippen LogP contribution in [0.15, 0.2) is 218 Å². The van der Waals surface area contributed by atoms with Gasteiger partial charge in [0.05, 0.1) is 0 Å². The zero-order chi connectivity index (χ0) is 35.5. The summed E-state index contributed by atoms with van der Waals surface area (Å²) < 4.78 is 0. The summed E-state index contributed by atoms with van der Waals surface area (Å²) in [5.74, 6) is 0. The molecule has 8 aromatic carbocycles. The number of rotatable bonds is 10. The van der Waals surface area contributed by atoms with Gasteiger partial charge in [-0.15, -0.1) is 0 Å². The van der Waals surface area contributed by atoms with Crippen molar-refractivity contribution in [2.75, 3.05) is 0 Å².